The van der Waals surface area contributed by atoms with Gasteiger partial charge >= 0.3 is 0 Å². The SMILES string of the molecule is CCCCNS(=O)(=O)c1ccc(-c2cccc(C(C)=O)c2)cc1. The first kappa shape index (κ1) is 17.4. The Bertz CT molecular complexity index is 780. The number of sulfonamides is 1. The summed E-state index contributed by atoms with van der Waals surface area (Å²) in [4.78, 5) is 11.7. The highest BCUT2D eigenvalue weighted by atomic mass is 32.2. The van der Waals surface area contributed by atoms with Gasteiger partial charge in [0.1, 0.15) is 0 Å². The minimum absolute atomic E-state index is 0.00571. The van der Waals surface area contributed by atoms with Crippen molar-refractivity contribution in [1.29, 1.82) is 0 Å². The van der Waals surface area contributed by atoms with Crippen molar-refractivity contribution in [3.05, 3.63) is 54.1 Å². The van der Waals surface area contributed by atoms with E-state index in [2.05, 4.69) is 4.72 Å². The Morgan fingerprint density at radius 2 is 1.74 bits per heavy atom. The zero-order chi connectivity index (χ0) is 16.9. The molecule has 0 heterocycles. The van der Waals surface area contributed by atoms with E-state index < -0.39 is 10.0 Å². The average Bonchev–Trinajstić information content (AvgIpc) is 2.55. The fourth-order valence-corrected chi connectivity index (χ4v) is 3.29. The molecule has 0 saturated heterocycles. The van der Waals surface area contributed by atoms with E-state index in [1.165, 1.54) is 6.92 Å². The van der Waals surface area contributed by atoms with Crippen LogP contribution in [0.25, 0.3) is 11.1 Å². The van der Waals surface area contributed by atoms with Gasteiger partial charge in [-0.3, -0.25) is 4.79 Å². The molecular formula is C18H21NO3S. The molecular weight excluding hydrogens is 310 g/mol. The van der Waals surface area contributed by atoms with Crippen molar-refractivity contribution in [2.75, 3.05) is 6.54 Å². The molecule has 2 rings (SSSR count). The first-order valence-corrected chi connectivity index (χ1v) is 9.13. The van der Waals surface area contributed by atoms with Crippen molar-refractivity contribution >= 4 is 15.8 Å². The van der Waals surface area contributed by atoms with Gasteiger partial charge in [0.05, 0.1) is 4.90 Å². The lowest BCUT2D eigenvalue weighted by Crippen LogP contribution is -2.24. The minimum atomic E-state index is -3.46. The van der Waals surface area contributed by atoms with Crippen LogP contribution in [0, 0.1) is 0 Å². The molecule has 4 nitrogen and oxygen atoms in total. The van der Waals surface area contributed by atoms with Crippen LogP contribution in [0.1, 0.15) is 37.0 Å². The van der Waals surface area contributed by atoms with Crippen LogP contribution in [0.15, 0.2) is 53.4 Å². The van der Waals surface area contributed by atoms with Gasteiger partial charge in [0.2, 0.25) is 10.0 Å². The standard InChI is InChI=1S/C18H21NO3S/c1-3-4-12-19-23(21,22)18-10-8-15(9-11-18)17-7-5-6-16(13-17)14(2)20/h5-11,13,19H,3-4,12H2,1-2H3. The first-order chi connectivity index (χ1) is 10.9. The third-order valence-electron chi connectivity index (χ3n) is 3.59. The van der Waals surface area contributed by atoms with E-state index in [1.54, 1.807) is 30.3 Å². The molecule has 0 aliphatic carbocycles. The highest BCUT2D eigenvalue weighted by Crippen LogP contribution is 2.22. The van der Waals surface area contributed by atoms with E-state index in [4.69, 9.17) is 0 Å². The predicted octanol–water partition coefficient (Wildman–Crippen LogP) is 3.63. The summed E-state index contributed by atoms with van der Waals surface area (Å²) < 4.78 is 26.9. The molecule has 0 aromatic heterocycles. The largest absolute Gasteiger partial charge is 0.295 e. The molecule has 0 atom stereocenters. The Morgan fingerprint density at radius 3 is 2.35 bits per heavy atom. The minimum Gasteiger partial charge on any atom is -0.295 e. The average molecular weight is 331 g/mol. The predicted molar refractivity (Wildman–Crippen MR) is 92.0 cm³/mol. The molecule has 0 aliphatic rings. The highest BCUT2D eigenvalue weighted by molar-refractivity contribution is 7.89. The Labute approximate surface area is 137 Å². The maximum Gasteiger partial charge on any atom is 0.240 e. The number of hydrogen-bond acceptors (Lipinski definition) is 3. The number of rotatable bonds is 7. The first-order valence-electron chi connectivity index (χ1n) is 7.65. The van der Waals surface area contributed by atoms with Gasteiger partial charge in [0.15, 0.2) is 5.78 Å². The molecule has 0 radical (unpaired) electrons. The Balaban J connectivity index is 2.22. The zero-order valence-corrected chi connectivity index (χ0v) is 14.2. The van der Waals surface area contributed by atoms with Gasteiger partial charge in [-0.05, 0) is 42.7 Å². The summed E-state index contributed by atoms with van der Waals surface area (Å²) in [5, 5.41) is 0. The molecule has 0 bridgehead atoms. The summed E-state index contributed by atoms with van der Waals surface area (Å²) in [5.74, 6) is 0.00571. The van der Waals surface area contributed by atoms with E-state index in [-0.39, 0.29) is 10.7 Å². The van der Waals surface area contributed by atoms with Crippen LogP contribution < -0.4 is 4.72 Å². The lowest BCUT2D eigenvalue weighted by molar-refractivity contribution is 0.101. The molecule has 0 saturated carbocycles. The van der Waals surface area contributed by atoms with Gasteiger partial charge in [-0.1, -0.05) is 43.7 Å². The Hall–Kier alpha value is -1.98. The van der Waals surface area contributed by atoms with E-state index in [1.807, 2.05) is 25.1 Å². The number of hydrogen-bond donors (Lipinski definition) is 1. The number of benzene rings is 2. The van der Waals surface area contributed by atoms with Crippen LogP contribution in [-0.4, -0.2) is 20.7 Å². The molecule has 5 heteroatoms. The molecule has 2 aromatic rings. The summed E-state index contributed by atoms with van der Waals surface area (Å²) in [7, 11) is -3.46. The maximum atomic E-state index is 12.1. The number of unbranched alkanes of at least 4 members (excludes halogenated alkanes) is 1. The molecule has 1 N–H and O–H groups in total. The van der Waals surface area contributed by atoms with Crippen molar-refractivity contribution in [3.8, 4) is 11.1 Å². The molecule has 0 unspecified atom stereocenters. The molecule has 0 amide bonds. The third kappa shape index (κ3) is 4.50. The fraction of sp³-hybridized carbons (Fsp3) is 0.278. The number of carbonyl (C=O) groups is 1. The topological polar surface area (TPSA) is 63.2 Å². The second-order valence-corrected chi connectivity index (χ2v) is 7.18. The number of ketones is 1. The van der Waals surface area contributed by atoms with Crippen molar-refractivity contribution < 1.29 is 13.2 Å². The highest BCUT2D eigenvalue weighted by Gasteiger charge is 2.13. The number of nitrogens with one attached hydrogen (secondary N) is 1. The normalized spacial score (nSPS) is 11.4. The fourth-order valence-electron chi connectivity index (χ4n) is 2.21. The Kier molecular flexibility index (Phi) is 5.69. The lowest BCUT2D eigenvalue weighted by Gasteiger charge is -2.08. The van der Waals surface area contributed by atoms with Crippen LogP contribution in [0.5, 0.6) is 0 Å². The van der Waals surface area contributed by atoms with E-state index in [0.29, 0.717) is 12.1 Å². The van der Waals surface area contributed by atoms with Crippen LogP contribution in [0.4, 0.5) is 0 Å². The summed E-state index contributed by atoms with van der Waals surface area (Å²) in [5.41, 5.74) is 2.40. The van der Waals surface area contributed by atoms with Gasteiger partial charge in [-0.2, -0.15) is 0 Å². The van der Waals surface area contributed by atoms with Crippen molar-refractivity contribution in [1.82, 2.24) is 4.72 Å². The molecule has 0 fully saturated rings. The second-order valence-electron chi connectivity index (χ2n) is 5.41. The third-order valence-corrected chi connectivity index (χ3v) is 5.07. The van der Waals surface area contributed by atoms with Gasteiger partial charge < -0.3 is 0 Å². The summed E-state index contributed by atoms with van der Waals surface area (Å²) in [6.07, 6.45) is 1.75. The summed E-state index contributed by atoms with van der Waals surface area (Å²) >= 11 is 0. The smallest absolute Gasteiger partial charge is 0.240 e. The van der Waals surface area contributed by atoms with Crippen molar-refractivity contribution in [2.24, 2.45) is 0 Å². The van der Waals surface area contributed by atoms with Crippen LogP contribution >= 0.6 is 0 Å². The lowest BCUT2D eigenvalue weighted by atomic mass is 10.0. The number of Topliss-reactive ketones (excluding diaryl/α,β-unsaturated/α-hetero) is 1. The molecule has 0 aliphatic heterocycles. The monoisotopic (exact) mass is 331 g/mol. The Morgan fingerprint density at radius 1 is 1.04 bits per heavy atom. The molecule has 0 spiro atoms. The van der Waals surface area contributed by atoms with Gasteiger partial charge in [0.25, 0.3) is 0 Å². The number of carbonyl (C=O) groups excluding carboxylic acids is 1. The van der Waals surface area contributed by atoms with Crippen molar-refractivity contribution in [2.45, 2.75) is 31.6 Å². The molecule has 122 valence electrons. The second kappa shape index (κ2) is 7.53. The van der Waals surface area contributed by atoms with Gasteiger partial charge in [-0.25, -0.2) is 13.1 Å². The quantitative estimate of drug-likeness (QED) is 0.622. The van der Waals surface area contributed by atoms with Crippen molar-refractivity contribution in [3.63, 3.8) is 0 Å². The van der Waals surface area contributed by atoms with Gasteiger partial charge in [-0.15, -0.1) is 0 Å². The van der Waals surface area contributed by atoms with Gasteiger partial charge in [0, 0.05) is 12.1 Å². The van der Waals surface area contributed by atoms with Crippen LogP contribution in [0.3, 0.4) is 0 Å². The maximum absolute atomic E-state index is 12.1. The van der Waals surface area contributed by atoms with Crippen LogP contribution in [0.2, 0.25) is 0 Å². The summed E-state index contributed by atoms with van der Waals surface area (Å²) in [6.45, 7) is 3.98. The van der Waals surface area contributed by atoms with E-state index in [9.17, 15) is 13.2 Å². The summed E-state index contributed by atoms with van der Waals surface area (Å²) in [6, 6.07) is 14.0. The molecule has 2 aromatic carbocycles. The van der Waals surface area contributed by atoms with E-state index in [0.717, 1.165) is 24.0 Å². The zero-order valence-electron chi connectivity index (χ0n) is 13.4. The van der Waals surface area contributed by atoms with E-state index >= 15 is 0 Å². The molecule has 23 heavy (non-hydrogen) atoms. The van der Waals surface area contributed by atoms with Crippen LogP contribution in [-0.2, 0) is 10.0 Å².